The zero-order valence-corrected chi connectivity index (χ0v) is 22.5. The number of hydrogen-bond acceptors (Lipinski definition) is 10. The number of ether oxygens (including phenoxy) is 1. The first kappa shape index (κ1) is 27.4. The molecule has 210 valence electrons. The number of nitrogens with zero attached hydrogens (tertiary/aromatic N) is 5. The molecule has 3 aromatic rings. The van der Waals surface area contributed by atoms with Gasteiger partial charge in [0.1, 0.15) is 0 Å². The molecule has 13 nitrogen and oxygen atoms in total. The highest BCUT2D eigenvalue weighted by Crippen LogP contribution is 2.23. The number of aromatic nitrogens is 3. The minimum absolute atomic E-state index is 0.0822. The Morgan fingerprint density at radius 1 is 0.975 bits per heavy atom. The third-order valence-electron chi connectivity index (χ3n) is 6.68. The van der Waals surface area contributed by atoms with Gasteiger partial charge in [-0.15, -0.1) is 10.2 Å². The Balaban J connectivity index is 1.30. The average Bonchev–Trinajstić information content (AvgIpc) is 2.98. The van der Waals surface area contributed by atoms with Gasteiger partial charge in [0.2, 0.25) is 16.0 Å². The highest BCUT2D eigenvalue weighted by atomic mass is 32.2. The van der Waals surface area contributed by atoms with Crippen molar-refractivity contribution in [2.45, 2.75) is 23.8 Å². The van der Waals surface area contributed by atoms with E-state index in [1.807, 2.05) is 4.90 Å². The number of primary amides is 1. The van der Waals surface area contributed by atoms with Crippen LogP contribution in [-0.4, -0.2) is 85.7 Å². The Kier molecular flexibility index (Phi) is 8.19. The van der Waals surface area contributed by atoms with Gasteiger partial charge in [0.15, 0.2) is 11.5 Å². The normalized spacial score (nSPS) is 17.9. The molecule has 0 spiro atoms. The summed E-state index contributed by atoms with van der Waals surface area (Å²) in [5.41, 5.74) is 6.47. The molecule has 2 aliphatic heterocycles. The molecule has 0 radical (unpaired) electrons. The van der Waals surface area contributed by atoms with Crippen LogP contribution in [0.3, 0.4) is 0 Å². The van der Waals surface area contributed by atoms with Gasteiger partial charge >= 0.3 is 0 Å². The van der Waals surface area contributed by atoms with E-state index in [1.165, 1.54) is 0 Å². The van der Waals surface area contributed by atoms with E-state index in [9.17, 15) is 18.0 Å². The third-order valence-corrected chi connectivity index (χ3v) is 8.22. The van der Waals surface area contributed by atoms with Crippen LogP contribution in [0.4, 0.5) is 17.5 Å². The van der Waals surface area contributed by atoms with E-state index in [0.29, 0.717) is 63.5 Å². The number of rotatable bonds is 8. The molecule has 14 heteroatoms. The molecule has 2 aliphatic rings. The second-order valence-corrected chi connectivity index (χ2v) is 11.2. The van der Waals surface area contributed by atoms with E-state index in [0.717, 1.165) is 0 Å². The summed E-state index contributed by atoms with van der Waals surface area (Å²) in [4.78, 5) is 33.0. The first-order chi connectivity index (χ1) is 19.3. The van der Waals surface area contributed by atoms with Gasteiger partial charge in [-0.2, -0.15) is 4.98 Å². The fraction of sp³-hybridized carbons (Fsp3) is 0.346. The Morgan fingerprint density at radius 2 is 1.70 bits per heavy atom. The minimum Gasteiger partial charge on any atom is -0.378 e. The van der Waals surface area contributed by atoms with Crippen molar-refractivity contribution in [3.8, 4) is 0 Å². The van der Waals surface area contributed by atoms with Gasteiger partial charge in [-0.05, 0) is 49.2 Å². The molecule has 2 amide bonds. The van der Waals surface area contributed by atoms with Crippen LogP contribution in [0.2, 0.25) is 0 Å². The minimum atomic E-state index is -3.69. The summed E-state index contributed by atoms with van der Waals surface area (Å²) in [6.45, 7) is 3.02. The molecule has 2 fully saturated rings. The molecule has 1 atom stereocenters. The van der Waals surface area contributed by atoms with Gasteiger partial charge in [0.25, 0.3) is 11.8 Å². The molecule has 4 N–H and O–H groups in total. The van der Waals surface area contributed by atoms with Crippen molar-refractivity contribution in [3.05, 3.63) is 65.9 Å². The van der Waals surface area contributed by atoms with Crippen LogP contribution in [0.25, 0.3) is 0 Å². The zero-order valence-electron chi connectivity index (χ0n) is 21.7. The number of amides is 2. The van der Waals surface area contributed by atoms with E-state index < -0.39 is 15.9 Å². The largest absolute Gasteiger partial charge is 0.378 e. The van der Waals surface area contributed by atoms with E-state index in [2.05, 4.69) is 25.2 Å². The maximum Gasteiger partial charge on any atom is 0.273 e. The molecule has 0 bridgehead atoms. The highest BCUT2D eigenvalue weighted by Gasteiger charge is 2.28. The quantitative estimate of drug-likeness (QED) is 0.359. The van der Waals surface area contributed by atoms with Crippen molar-refractivity contribution >= 4 is 39.3 Å². The maximum atomic E-state index is 12.8. The van der Waals surface area contributed by atoms with Crippen molar-refractivity contribution in [2.75, 3.05) is 49.6 Å². The Hall–Kier alpha value is -4.14. The molecule has 5 rings (SSSR count). The number of hydrogen-bond donors (Lipinski definition) is 3. The van der Waals surface area contributed by atoms with Crippen molar-refractivity contribution < 1.29 is 22.7 Å². The lowest BCUT2D eigenvalue weighted by Gasteiger charge is -2.32. The predicted molar refractivity (Wildman–Crippen MR) is 147 cm³/mol. The molecule has 3 heterocycles. The smallest absolute Gasteiger partial charge is 0.273 e. The monoisotopic (exact) mass is 566 g/mol. The second kappa shape index (κ2) is 11.9. The molecule has 0 saturated carbocycles. The van der Waals surface area contributed by atoms with Crippen molar-refractivity contribution in [2.24, 2.45) is 5.73 Å². The fourth-order valence-corrected chi connectivity index (χ4v) is 5.91. The van der Waals surface area contributed by atoms with Crippen molar-refractivity contribution in [1.82, 2.24) is 24.8 Å². The Labute approximate surface area is 231 Å². The van der Waals surface area contributed by atoms with Crippen LogP contribution in [0.1, 0.15) is 33.7 Å². The molecule has 40 heavy (non-hydrogen) atoms. The van der Waals surface area contributed by atoms with Crippen LogP contribution < -0.4 is 20.7 Å². The summed E-state index contributed by atoms with van der Waals surface area (Å²) < 4.78 is 33.7. The number of carbonyl (C=O) groups excluding carboxylic acids is 2. The van der Waals surface area contributed by atoms with Crippen LogP contribution >= 0.6 is 0 Å². The van der Waals surface area contributed by atoms with Gasteiger partial charge in [0, 0.05) is 43.5 Å². The van der Waals surface area contributed by atoms with Gasteiger partial charge in [-0.3, -0.25) is 9.59 Å². The van der Waals surface area contributed by atoms with E-state index in [-0.39, 0.29) is 34.3 Å². The molecular formula is C26H30N8O5S. The number of nitrogens with two attached hydrogens (primary N) is 1. The van der Waals surface area contributed by atoms with Crippen LogP contribution in [0.5, 0.6) is 0 Å². The number of piperidine rings is 1. The average molecular weight is 567 g/mol. The predicted octanol–water partition coefficient (Wildman–Crippen LogP) is 1.13. The molecule has 2 aromatic carbocycles. The first-order valence-electron chi connectivity index (χ1n) is 12.9. The van der Waals surface area contributed by atoms with Crippen LogP contribution in [0.15, 0.2) is 59.5 Å². The number of benzene rings is 2. The Bertz CT molecular complexity index is 1460. The molecule has 0 aliphatic carbocycles. The van der Waals surface area contributed by atoms with Gasteiger partial charge < -0.3 is 25.6 Å². The van der Waals surface area contributed by atoms with Crippen LogP contribution in [0, 0.1) is 0 Å². The first-order valence-corrected chi connectivity index (χ1v) is 14.4. The lowest BCUT2D eigenvalue weighted by molar-refractivity contribution is 0.0303. The van der Waals surface area contributed by atoms with Crippen LogP contribution in [-0.2, 0) is 14.8 Å². The molecule has 1 unspecified atom stereocenters. The second-order valence-electron chi connectivity index (χ2n) is 9.50. The van der Waals surface area contributed by atoms with E-state index >= 15 is 0 Å². The van der Waals surface area contributed by atoms with Crippen molar-refractivity contribution in [3.63, 3.8) is 0 Å². The summed E-state index contributed by atoms with van der Waals surface area (Å²) in [5.74, 6) is -0.548. The van der Waals surface area contributed by atoms with E-state index in [1.54, 1.807) is 59.5 Å². The number of carbonyl (C=O) groups is 2. The lowest BCUT2D eigenvalue weighted by Crippen LogP contribution is -2.48. The third kappa shape index (κ3) is 6.35. The summed E-state index contributed by atoms with van der Waals surface area (Å²) >= 11 is 0. The molecular weight excluding hydrogens is 536 g/mol. The molecule has 2 saturated heterocycles. The number of morpholine rings is 1. The van der Waals surface area contributed by atoms with Crippen molar-refractivity contribution in [1.29, 1.82) is 0 Å². The SMILES string of the molecule is NC(=O)c1nnc(N2CCCC(NS(=O)(=O)c3ccccc3)C2)nc1Nc1ccc(C(=O)N2CCOCC2)cc1. The molecule has 1 aromatic heterocycles. The highest BCUT2D eigenvalue weighted by molar-refractivity contribution is 7.89. The van der Waals surface area contributed by atoms with Gasteiger partial charge in [0.05, 0.1) is 18.1 Å². The summed E-state index contributed by atoms with van der Waals surface area (Å²) in [6, 6.07) is 14.6. The fourth-order valence-electron chi connectivity index (χ4n) is 4.63. The van der Waals surface area contributed by atoms with E-state index in [4.69, 9.17) is 10.5 Å². The summed E-state index contributed by atoms with van der Waals surface area (Å²) in [5, 5.41) is 11.1. The number of sulfonamides is 1. The number of nitrogens with one attached hydrogen (secondary N) is 2. The Morgan fingerprint density at radius 3 is 2.40 bits per heavy atom. The topological polar surface area (TPSA) is 173 Å². The standard InChI is InChI=1S/C26H30N8O5S/c27-23(35)22-24(28-19-10-8-18(9-11-19)25(36)33-13-15-39-16-14-33)29-26(31-30-22)34-12-4-5-20(17-34)32-40(37,38)21-6-2-1-3-7-21/h1-3,6-11,20,32H,4-5,12-17H2,(H2,27,35)(H,28,29,31). The lowest BCUT2D eigenvalue weighted by atomic mass is 10.1. The summed E-state index contributed by atoms with van der Waals surface area (Å²) in [6.07, 6.45) is 1.35. The number of anilines is 3. The maximum absolute atomic E-state index is 12.8. The van der Waals surface area contributed by atoms with Gasteiger partial charge in [-0.25, -0.2) is 13.1 Å². The summed E-state index contributed by atoms with van der Waals surface area (Å²) in [7, 11) is -3.69. The zero-order chi connectivity index (χ0) is 28.1. The van der Waals surface area contributed by atoms with Gasteiger partial charge in [-0.1, -0.05) is 18.2 Å².